The highest BCUT2D eigenvalue weighted by molar-refractivity contribution is 5.88. The van der Waals surface area contributed by atoms with Crippen LogP contribution in [0.3, 0.4) is 0 Å². The van der Waals surface area contributed by atoms with Crippen LogP contribution in [-0.2, 0) is 17.6 Å². The molecular weight excluding hydrogens is 288 g/mol. The van der Waals surface area contributed by atoms with Crippen LogP contribution in [0.25, 0.3) is 0 Å². The number of amides is 1. The van der Waals surface area contributed by atoms with Gasteiger partial charge in [-0.1, -0.05) is 26.8 Å². The standard InChI is InChI=1S/C17H20N2O2.C2H6/c1-3-14-4-5-15(18-12-14)10-11-21-17-8-6-16(7-9-17)19-13(2)20;1-2/h4-9,12H,3,10-11H2,1-2H3,(H,19,20);1-2H3. The predicted octanol–water partition coefficient (Wildman–Crippen LogP) is 4.25. The van der Waals surface area contributed by atoms with Crippen LogP contribution in [0.2, 0.25) is 0 Å². The highest BCUT2D eigenvalue weighted by Gasteiger charge is 1.99. The lowest BCUT2D eigenvalue weighted by Gasteiger charge is -2.07. The zero-order chi connectivity index (χ0) is 17.1. The van der Waals surface area contributed by atoms with Crippen LogP contribution < -0.4 is 10.1 Å². The molecule has 0 aliphatic carbocycles. The maximum Gasteiger partial charge on any atom is 0.221 e. The Bertz CT molecular complexity index is 577. The van der Waals surface area contributed by atoms with E-state index in [1.54, 1.807) is 0 Å². The molecule has 0 atom stereocenters. The summed E-state index contributed by atoms with van der Waals surface area (Å²) in [7, 11) is 0. The number of aryl methyl sites for hydroxylation is 1. The van der Waals surface area contributed by atoms with E-state index in [9.17, 15) is 4.79 Å². The first-order chi connectivity index (χ1) is 11.2. The van der Waals surface area contributed by atoms with Crippen LogP contribution in [0.4, 0.5) is 5.69 Å². The van der Waals surface area contributed by atoms with Gasteiger partial charge >= 0.3 is 0 Å². The topological polar surface area (TPSA) is 51.2 Å². The molecule has 0 aliphatic rings. The molecule has 23 heavy (non-hydrogen) atoms. The van der Waals surface area contributed by atoms with Gasteiger partial charge in [0.15, 0.2) is 0 Å². The summed E-state index contributed by atoms with van der Waals surface area (Å²) in [6.07, 6.45) is 3.69. The van der Waals surface area contributed by atoms with E-state index < -0.39 is 0 Å². The molecule has 0 bridgehead atoms. The van der Waals surface area contributed by atoms with Gasteiger partial charge in [0, 0.05) is 30.9 Å². The van der Waals surface area contributed by atoms with Crippen LogP contribution in [0, 0.1) is 0 Å². The van der Waals surface area contributed by atoms with Gasteiger partial charge in [0.25, 0.3) is 0 Å². The molecule has 4 heteroatoms. The van der Waals surface area contributed by atoms with Crippen molar-refractivity contribution in [1.82, 2.24) is 4.98 Å². The second kappa shape index (κ2) is 10.4. The van der Waals surface area contributed by atoms with Gasteiger partial charge in [-0.15, -0.1) is 0 Å². The van der Waals surface area contributed by atoms with Crippen molar-refractivity contribution in [2.45, 2.75) is 40.5 Å². The molecule has 0 saturated heterocycles. The lowest BCUT2D eigenvalue weighted by atomic mass is 10.2. The van der Waals surface area contributed by atoms with Crippen LogP contribution in [0.1, 0.15) is 39.0 Å². The van der Waals surface area contributed by atoms with Gasteiger partial charge in [-0.3, -0.25) is 9.78 Å². The van der Waals surface area contributed by atoms with Crippen molar-refractivity contribution in [3.05, 3.63) is 53.9 Å². The third-order valence-electron chi connectivity index (χ3n) is 3.10. The molecule has 0 fully saturated rings. The SMILES string of the molecule is CC.CCc1ccc(CCOc2ccc(NC(C)=O)cc2)nc1. The van der Waals surface area contributed by atoms with Crippen molar-refractivity contribution in [2.24, 2.45) is 0 Å². The number of pyridine rings is 1. The minimum atomic E-state index is -0.0785. The van der Waals surface area contributed by atoms with Gasteiger partial charge in [-0.25, -0.2) is 0 Å². The normalized spacial score (nSPS) is 9.57. The summed E-state index contributed by atoms with van der Waals surface area (Å²) in [4.78, 5) is 15.3. The number of nitrogens with zero attached hydrogens (tertiary/aromatic N) is 1. The lowest BCUT2D eigenvalue weighted by Crippen LogP contribution is -2.06. The average molecular weight is 314 g/mol. The molecule has 0 radical (unpaired) electrons. The second-order valence-corrected chi connectivity index (χ2v) is 4.82. The molecule has 0 spiro atoms. The van der Waals surface area contributed by atoms with Gasteiger partial charge in [0.2, 0.25) is 5.91 Å². The molecule has 1 N–H and O–H groups in total. The largest absolute Gasteiger partial charge is 0.493 e. The minimum Gasteiger partial charge on any atom is -0.493 e. The Morgan fingerprint density at radius 3 is 2.35 bits per heavy atom. The van der Waals surface area contributed by atoms with E-state index in [0.29, 0.717) is 6.61 Å². The van der Waals surface area contributed by atoms with Crippen LogP contribution in [-0.4, -0.2) is 17.5 Å². The summed E-state index contributed by atoms with van der Waals surface area (Å²) in [5.41, 5.74) is 3.04. The zero-order valence-corrected chi connectivity index (χ0v) is 14.4. The third-order valence-corrected chi connectivity index (χ3v) is 3.10. The fourth-order valence-electron chi connectivity index (χ4n) is 1.92. The molecule has 1 heterocycles. The lowest BCUT2D eigenvalue weighted by molar-refractivity contribution is -0.114. The molecule has 0 unspecified atom stereocenters. The first-order valence-corrected chi connectivity index (χ1v) is 8.11. The van der Waals surface area contributed by atoms with Gasteiger partial charge in [0.1, 0.15) is 5.75 Å². The number of carbonyl (C=O) groups is 1. The maximum atomic E-state index is 10.9. The van der Waals surface area contributed by atoms with Crippen LogP contribution >= 0.6 is 0 Å². The number of rotatable bonds is 6. The molecule has 1 amide bonds. The second-order valence-electron chi connectivity index (χ2n) is 4.82. The summed E-state index contributed by atoms with van der Waals surface area (Å²) in [6.45, 7) is 8.18. The van der Waals surface area contributed by atoms with E-state index in [2.05, 4.69) is 23.3 Å². The van der Waals surface area contributed by atoms with E-state index in [1.165, 1.54) is 12.5 Å². The van der Waals surface area contributed by atoms with Crippen molar-refractivity contribution < 1.29 is 9.53 Å². The monoisotopic (exact) mass is 314 g/mol. The van der Waals surface area contributed by atoms with Gasteiger partial charge in [-0.2, -0.15) is 0 Å². The Kier molecular flexibility index (Phi) is 8.43. The molecule has 2 aromatic rings. The number of anilines is 1. The van der Waals surface area contributed by atoms with Crippen molar-refractivity contribution >= 4 is 11.6 Å². The molecular formula is C19H26N2O2. The van der Waals surface area contributed by atoms with Crippen LogP contribution in [0.5, 0.6) is 5.75 Å². The molecule has 4 nitrogen and oxygen atoms in total. The quantitative estimate of drug-likeness (QED) is 0.867. The Hall–Kier alpha value is -2.36. The highest BCUT2D eigenvalue weighted by atomic mass is 16.5. The zero-order valence-electron chi connectivity index (χ0n) is 14.4. The van der Waals surface area contributed by atoms with E-state index in [0.717, 1.165) is 30.0 Å². The van der Waals surface area contributed by atoms with Gasteiger partial charge in [0.05, 0.1) is 6.61 Å². The average Bonchev–Trinajstić information content (AvgIpc) is 2.58. The van der Waals surface area contributed by atoms with E-state index >= 15 is 0 Å². The Morgan fingerprint density at radius 2 is 1.83 bits per heavy atom. The number of carbonyl (C=O) groups excluding carboxylic acids is 1. The Labute approximate surface area is 138 Å². The number of hydrogen-bond donors (Lipinski definition) is 1. The van der Waals surface area contributed by atoms with E-state index in [-0.39, 0.29) is 5.91 Å². The summed E-state index contributed by atoms with van der Waals surface area (Å²) in [5.74, 6) is 0.708. The van der Waals surface area contributed by atoms with E-state index in [1.807, 2.05) is 50.4 Å². The molecule has 124 valence electrons. The fourth-order valence-corrected chi connectivity index (χ4v) is 1.92. The highest BCUT2D eigenvalue weighted by Crippen LogP contribution is 2.15. The molecule has 1 aromatic heterocycles. The number of nitrogens with one attached hydrogen (secondary N) is 1. The van der Waals surface area contributed by atoms with Gasteiger partial charge < -0.3 is 10.1 Å². The minimum absolute atomic E-state index is 0.0785. The fraction of sp³-hybridized carbons (Fsp3) is 0.368. The Morgan fingerprint density at radius 1 is 1.13 bits per heavy atom. The molecule has 2 rings (SSSR count). The smallest absolute Gasteiger partial charge is 0.221 e. The van der Waals surface area contributed by atoms with Crippen molar-refractivity contribution in [2.75, 3.05) is 11.9 Å². The molecule has 0 aliphatic heterocycles. The summed E-state index contributed by atoms with van der Waals surface area (Å²) in [5, 5.41) is 2.72. The van der Waals surface area contributed by atoms with E-state index in [4.69, 9.17) is 4.74 Å². The number of aromatic nitrogens is 1. The number of ether oxygens (including phenoxy) is 1. The van der Waals surface area contributed by atoms with Crippen LogP contribution in [0.15, 0.2) is 42.6 Å². The van der Waals surface area contributed by atoms with Crippen molar-refractivity contribution in [3.63, 3.8) is 0 Å². The van der Waals surface area contributed by atoms with Gasteiger partial charge in [-0.05, 0) is 42.3 Å². The maximum absolute atomic E-state index is 10.9. The molecule has 0 saturated carbocycles. The number of hydrogen-bond acceptors (Lipinski definition) is 3. The third kappa shape index (κ3) is 6.96. The summed E-state index contributed by atoms with van der Waals surface area (Å²) < 4.78 is 5.67. The Balaban J connectivity index is 0.00000127. The summed E-state index contributed by atoms with van der Waals surface area (Å²) in [6, 6.07) is 11.5. The number of benzene rings is 1. The van der Waals surface area contributed by atoms with Crippen molar-refractivity contribution in [3.8, 4) is 5.75 Å². The summed E-state index contributed by atoms with van der Waals surface area (Å²) >= 11 is 0. The molecule has 1 aromatic carbocycles. The first-order valence-electron chi connectivity index (χ1n) is 8.11. The predicted molar refractivity (Wildman–Crippen MR) is 94.9 cm³/mol. The van der Waals surface area contributed by atoms with Crippen molar-refractivity contribution in [1.29, 1.82) is 0 Å². The first kappa shape index (κ1) is 18.7.